The molecule has 0 bridgehead atoms. The Morgan fingerprint density at radius 1 is 1.44 bits per heavy atom. The average molecular weight is 251 g/mol. The Kier molecular flexibility index (Phi) is 4.04. The fourth-order valence-electron chi connectivity index (χ4n) is 1.60. The van der Waals surface area contributed by atoms with Gasteiger partial charge < -0.3 is 19.9 Å². The number of rotatable bonds is 6. The molecule has 0 radical (unpaired) electrons. The van der Waals surface area contributed by atoms with Crippen LogP contribution in [0, 0.1) is 5.92 Å². The predicted octanol–water partition coefficient (Wildman–Crippen LogP) is 1.82. The molecule has 1 aromatic carbocycles. The standard InChI is InChI=1S/C13H17NO4/c1-16-11-4-2-3-10(14)12(11)13(15)18-8-17-7-9-5-6-9/h2-4,9H,5-8,14H2,1H3. The van der Waals surface area contributed by atoms with E-state index in [2.05, 4.69) is 0 Å². The second-order valence-corrected chi connectivity index (χ2v) is 4.29. The van der Waals surface area contributed by atoms with Gasteiger partial charge in [0.05, 0.1) is 13.7 Å². The zero-order chi connectivity index (χ0) is 13.0. The first-order chi connectivity index (χ1) is 8.72. The quantitative estimate of drug-likeness (QED) is 0.361. The van der Waals surface area contributed by atoms with Crippen LogP contribution in [0.4, 0.5) is 5.69 Å². The lowest BCUT2D eigenvalue weighted by Gasteiger charge is -2.10. The Hall–Kier alpha value is -1.75. The van der Waals surface area contributed by atoms with Crippen molar-refractivity contribution < 1.29 is 19.0 Å². The van der Waals surface area contributed by atoms with E-state index in [4.69, 9.17) is 19.9 Å². The zero-order valence-electron chi connectivity index (χ0n) is 10.3. The van der Waals surface area contributed by atoms with Crippen molar-refractivity contribution in [2.45, 2.75) is 12.8 Å². The summed E-state index contributed by atoms with van der Waals surface area (Å²) >= 11 is 0. The van der Waals surface area contributed by atoms with E-state index < -0.39 is 5.97 Å². The van der Waals surface area contributed by atoms with Crippen molar-refractivity contribution in [1.82, 2.24) is 0 Å². The first-order valence-electron chi connectivity index (χ1n) is 5.89. The average Bonchev–Trinajstić information content (AvgIpc) is 3.18. The maximum Gasteiger partial charge on any atom is 0.346 e. The number of benzene rings is 1. The molecule has 1 saturated carbocycles. The van der Waals surface area contributed by atoms with Crippen LogP contribution in [0.1, 0.15) is 23.2 Å². The maximum absolute atomic E-state index is 11.8. The summed E-state index contributed by atoms with van der Waals surface area (Å²) in [6.45, 7) is 0.599. The zero-order valence-corrected chi connectivity index (χ0v) is 10.3. The van der Waals surface area contributed by atoms with Gasteiger partial charge in [-0.1, -0.05) is 6.07 Å². The number of anilines is 1. The van der Waals surface area contributed by atoms with Gasteiger partial charge in [-0.15, -0.1) is 0 Å². The smallest absolute Gasteiger partial charge is 0.346 e. The van der Waals surface area contributed by atoms with E-state index in [9.17, 15) is 4.79 Å². The largest absolute Gasteiger partial charge is 0.496 e. The summed E-state index contributed by atoms with van der Waals surface area (Å²) in [6, 6.07) is 5.01. The second kappa shape index (κ2) is 5.73. The maximum atomic E-state index is 11.8. The van der Waals surface area contributed by atoms with Gasteiger partial charge in [-0.3, -0.25) is 0 Å². The molecule has 18 heavy (non-hydrogen) atoms. The van der Waals surface area contributed by atoms with E-state index in [1.807, 2.05) is 0 Å². The molecule has 2 rings (SSSR count). The van der Waals surface area contributed by atoms with E-state index >= 15 is 0 Å². The number of hydrogen-bond donors (Lipinski definition) is 1. The molecule has 0 heterocycles. The molecule has 98 valence electrons. The van der Waals surface area contributed by atoms with Gasteiger partial charge in [0.25, 0.3) is 0 Å². The molecular weight excluding hydrogens is 234 g/mol. The summed E-state index contributed by atoms with van der Waals surface area (Å²) in [5, 5.41) is 0. The molecule has 0 spiro atoms. The van der Waals surface area contributed by atoms with Crippen LogP contribution in [0.3, 0.4) is 0 Å². The van der Waals surface area contributed by atoms with E-state index in [-0.39, 0.29) is 12.4 Å². The molecule has 1 fully saturated rings. The van der Waals surface area contributed by atoms with Gasteiger partial charge in [0, 0.05) is 5.69 Å². The number of esters is 1. The second-order valence-electron chi connectivity index (χ2n) is 4.29. The van der Waals surface area contributed by atoms with Crippen LogP contribution in [-0.4, -0.2) is 26.5 Å². The molecule has 0 atom stereocenters. The highest BCUT2D eigenvalue weighted by atomic mass is 16.7. The van der Waals surface area contributed by atoms with Crippen molar-refractivity contribution in [1.29, 1.82) is 0 Å². The minimum absolute atomic E-state index is 0.0488. The van der Waals surface area contributed by atoms with Gasteiger partial charge in [0.1, 0.15) is 11.3 Å². The van der Waals surface area contributed by atoms with Crippen molar-refractivity contribution in [3.8, 4) is 5.75 Å². The number of nitrogens with two attached hydrogens (primary N) is 1. The molecule has 0 amide bonds. The lowest BCUT2D eigenvalue weighted by atomic mass is 10.1. The predicted molar refractivity (Wildman–Crippen MR) is 66.4 cm³/mol. The lowest BCUT2D eigenvalue weighted by molar-refractivity contribution is -0.0345. The van der Waals surface area contributed by atoms with E-state index in [0.29, 0.717) is 24.0 Å². The number of carbonyl (C=O) groups excluding carboxylic acids is 1. The number of carbonyl (C=O) groups is 1. The molecule has 1 aliphatic rings. The Labute approximate surface area is 106 Å². The lowest BCUT2D eigenvalue weighted by Crippen LogP contribution is -2.13. The van der Waals surface area contributed by atoms with Crippen molar-refractivity contribution in [3.05, 3.63) is 23.8 Å². The summed E-state index contributed by atoms with van der Waals surface area (Å²) in [4.78, 5) is 11.8. The summed E-state index contributed by atoms with van der Waals surface area (Å²) < 4.78 is 15.3. The summed E-state index contributed by atoms with van der Waals surface area (Å²) in [7, 11) is 1.48. The molecule has 0 aromatic heterocycles. The van der Waals surface area contributed by atoms with Crippen molar-refractivity contribution >= 4 is 11.7 Å². The van der Waals surface area contributed by atoms with E-state index in [0.717, 1.165) is 0 Å². The van der Waals surface area contributed by atoms with Gasteiger partial charge >= 0.3 is 5.97 Å². The third-order valence-electron chi connectivity index (χ3n) is 2.81. The molecule has 5 nitrogen and oxygen atoms in total. The topological polar surface area (TPSA) is 70.8 Å². The summed E-state index contributed by atoms with van der Waals surface area (Å²) in [6.07, 6.45) is 2.40. The molecule has 0 unspecified atom stereocenters. The molecule has 0 aliphatic heterocycles. The van der Waals surface area contributed by atoms with Crippen LogP contribution in [-0.2, 0) is 9.47 Å². The van der Waals surface area contributed by atoms with Gasteiger partial charge in [-0.05, 0) is 30.9 Å². The normalized spacial score (nSPS) is 14.3. The molecule has 5 heteroatoms. The Morgan fingerprint density at radius 2 is 2.22 bits per heavy atom. The minimum Gasteiger partial charge on any atom is -0.496 e. The summed E-state index contributed by atoms with van der Waals surface area (Å²) in [5.74, 6) is 0.517. The Bertz CT molecular complexity index is 429. The monoisotopic (exact) mass is 251 g/mol. The van der Waals surface area contributed by atoms with Gasteiger partial charge in [-0.25, -0.2) is 4.79 Å². The van der Waals surface area contributed by atoms with Gasteiger partial charge in [0.15, 0.2) is 6.79 Å². The Balaban J connectivity index is 1.90. The molecule has 1 aliphatic carbocycles. The molecule has 1 aromatic rings. The van der Waals surface area contributed by atoms with Crippen LogP contribution < -0.4 is 10.5 Å². The number of methoxy groups -OCH3 is 1. The van der Waals surface area contributed by atoms with Crippen LogP contribution in [0.5, 0.6) is 5.75 Å². The third kappa shape index (κ3) is 3.13. The van der Waals surface area contributed by atoms with Crippen LogP contribution in [0.25, 0.3) is 0 Å². The molecule has 0 saturated heterocycles. The highest BCUT2D eigenvalue weighted by Crippen LogP contribution is 2.29. The van der Waals surface area contributed by atoms with Crippen molar-refractivity contribution in [3.63, 3.8) is 0 Å². The highest BCUT2D eigenvalue weighted by Gasteiger charge is 2.22. The van der Waals surface area contributed by atoms with Crippen molar-refractivity contribution in [2.24, 2.45) is 5.92 Å². The van der Waals surface area contributed by atoms with E-state index in [1.54, 1.807) is 18.2 Å². The van der Waals surface area contributed by atoms with Crippen LogP contribution in [0.15, 0.2) is 18.2 Å². The van der Waals surface area contributed by atoms with Crippen LogP contribution in [0.2, 0.25) is 0 Å². The first-order valence-corrected chi connectivity index (χ1v) is 5.89. The number of nitrogen functional groups attached to an aromatic ring is 1. The van der Waals surface area contributed by atoms with Crippen LogP contribution >= 0.6 is 0 Å². The van der Waals surface area contributed by atoms with Gasteiger partial charge in [0.2, 0.25) is 0 Å². The third-order valence-corrected chi connectivity index (χ3v) is 2.81. The Morgan fingerprint density at radius 3 is 2.89 bits per heavy atom. The number of ether oxygens (including phenoxy) is 3. The first kappa shape index (κ1) is 12.7. The van der Waals surface area contributed by atoms with E-state index in [1.165, 1.54) is 20.0 Å². The molecule has 2 N–H and O–H groups in total. The molecular formula is C13H17NO4. The van der Waals surface area contributed by atoms with Gasteiger partial charge in [-0.2, -0.15) is 0 Å². The fourth-order valence-corrected chi connectivity index (χ4v) is 1.60. The minimum atomic E-state index is -0.527. The SMILES string of the molecule is COc1cccc(N)c1C(=O)OCOCC1CC1. The highest BCUT2D eigenvalue weighted by molar-refractivity contribution is 5.98. The van der Waals surface area contributed by atoms with Crippen molar-refractivity contribution in [2.75, 3.05) is 26.2 Å². The fraction of sp³-hybridized carbons (Fsp3) is 0.462. The number of hydrogen-bond acceptors (Lipinski definition) is 5. The summed E-state index contributed by atoms with van der Waals surface area (Å²) in [5.41, 5.74) is 6.32.